The average molecular weight is 259 g/mol. The molecule has 2 N–H and O–H groups in total. The van der Waals surface area contributed by atoms with E-state index in [1.165, 1.54) is 0 Å². The number of nitrogens with zero attached hydrogens (tertiary/aromatic N) is 2. The number of hydrogen-bond acceptors (Lipinski definition) is 5. The van der Waals surface area contributed by atoms with Crippen molar-refractivity contribution < 1.29 is 9.26 Å². The van der Waals surface area contributed by atoms with E-state index in [4.69, 9.17) is 15.0 Å². The van der Waals surface area contributed by atoms with Gasteiger partial charge in [-0.1, -0.05) is 11.2 Å². The lowest BCUT2D eigenvalue weighted by molar-refractivity contribution is 0.109. The van der Waals surface area contributed by atoms with Crippen molar-refractivity contribution in [1.29, 1.82) is 0 Å². The van der Waals surface area contributed by atoms with Crippen molar-refractivity contribution in [2.75, 3.05) is 12.3 Å². The van der Waals surface area contributed by atoms with Gasteiger partial charge in [0.05, 0.1) is 6.10 Å². The molecule has 0 saturated carbocycles. The molecule has 1 aromatic heterocycles. The molecule has 100 valence electrons. The Balaban J connectivity index is 1.78. The zero-order chi connectivity index (χ0) is 13.2. The third-order valence-corrected chi connectivity index (χ3v) is 3.43. The molecule has 1 aromatic carbocycles. The molecule has 19 heavy (non-hydrogen) atoms. The maximum atomic E-state index is 5.89. The van der Waals surface area contributed by atoms with Gasteiger partial charge in [-0.25, -0.2) is 0 Å². The first-order valence-electron chi connectivity index (χ1n) is 6.53. The third-order valence-electron chi connectivity index (χ3n) is 3.43. The van der Waals surface area contributed by atoms with Gasteiger partial charge in [0.15, 0.2) is 5.82 Å². The summed E-state index contributed by atoms with van der Waals surface area (Å²) in [5, 5.41) is 4.00. The molecule has 0 bridgehead atoms. The first-order valence-corrected chi connectivity index (χ1v) is 6.53. The van der Waals surface area contributed by atoms with Gasteiger partial charge in [0, 0.05) is 24.3 Å². The number of nitrogen functional groups attached to an aromatic ring is 1. The van der Waals surface area contributed by atoms with Gasteiger partial charge in [0.25, 0.3) is 5.89 Å². The molecule has 1 aliphatic heterocycles. The van der Waals surface area contributed by atoms with Crippen LogP contribution in [-0.4, -0.2) is 22.9 Å². The van der Waals surface area contributed by atoms with E-state index in [1.807, 2.05) is 25.1 Å². The summed E-state index contributed by atoms with van der Waals surface area (Å²) in [5.74, 6) is 1.21. The van der Waals surface area contributed by atoms with Crippen molar-refractivity contribution in [3.05, 3.63) is 29.6 Å². The molecule has 5 nitrogen and oxygen atoms in total. The fraction of sp³-hybridized carbons (Fsp3) is 0.429. The summed E-state index contributed by atoms with van der Waals surface area (Å²) < 4.78 is 10.8. The molecular weight excluding hydrogens is 242 g/mol. The Morgan fingerprint density at radius 2 is 2.32 bits per heavy atom. The topological polar surface area (TPSA) is 74.2 Å². The summed E-state index contributed by atoms with van der Waals surface area (Å²) in [7, 11) is 0. The molecule has 1 atom stereocenters. The second kappa shape index (κ2) is 5.01. The van der Waals surface area contributed by atoms with Crippen molar-refractivity contribution in [3.8, 4) is 11.5 Å². The van der Waals surface area contributed by atoms with Gasteiger partial charge in [-0.2, -0.15) is 4.98 Å². The van der Waals surface area contributed by atoms with Gasteiger partial charge in [0.2, 0.25) is 0 Å². The number of benzene rings is 1. The lowest BCUT2D eigenvalue weighted by Crippen LogP contribution is -2.09. The van der Waals surface area contributed by atoms with Crippen molar-refractivity contribution in [1.82, 2.24) is 10.1 Å². The Morgan fingerprint density at radius 1 is 1.42 bits per heavy atom. The zero-order valence-corrected chi connectivity index (χ0v) is 10.9. The molecule has 0 aliphatic carbocycles. The van der Waals surface area contributed by atoms with Gasteiger partial charge in [-0.05, 0) is 37.5 Å². The minimum Gasteiger partial charge on any atom is -0.398 e. The number of aryl methyl sites for hydroxylation is 1. The Labute approximate surface area is 111 Å². The van der Waals surface area contributed by atoms with E-state index < -0.39 is 0 Å². The first-order chi connectivity index (χ1) is 9.22. The minimum atomic E-state index is 0.230. The van der Waals surface area contributed by atoms with E-state index in [0.717, 1.165) is 36.3 Å². The molecule has 0 amide bonds. The van der Waals surface area contributed by atoms with Crippen LogP contribution in [0.15, 0.2) is 22.7 Å². The van der Waals surface area contributed by atoms with Gasteiger partial charge < -0.3 is 15.0 Å². The SMILES string of the molecule is Cc1ccc(-c2nc(CC3CCCO3)no2)cc1N. The number of nitrogens with two attached hydrogens (primary N) is 1. The Hall–Kier alpha value is -1.88. The van der Waals surface area contributed by atoms with E-state index >= 15 is 0 Å². The van der Waals surface area contributed by atoms with Gasteiger partial charge >= 0.3 is 0 Å². The zero-order valence-electron chi connectivity index (χ0n) is 10.9. The first kappa shape index (κ1) is 12.2. The quantitative estimate of drug-likeness (QED) is 0.856. The average Bonchev–Trinajstić information content (AvgIpc) is 3.05. The highest BCUT2D eigenvalue weighted by Crippen LogP contribution is 2.23. The molecule has 1 unspecified atom stereocenters. The predicted molar refractivity (Wildman–Crippen MR) is 71.6 cm³/mol. The van der Waals surface area contributed by atoms with Gasteiger partial charge in [-0.15, -0.1) is 0 Å². The Kier molecular flexibility index (Phi) is 3.21. The molecule has 2 heterocycles. The molecular formula is C14H17N3O2. The van der Waals surface area contributed by atoms with Crippen molar-refractivity contribution in [2.24, 2.45) is 0 Å². The van der Waals surface area contributed by atoms with E-state index in [2.05, 4.69) is 10.1 Å². The normalized spacial score (nSPS) is 18.9. The smallest absolute Gasteiger partial charge is 0.257 e. The van der Waals surface area contributed by atoms with E-state index in [-0.39, 0.29) is 6.10 Å². The summed E-state index contributed by atoms with van der Waals surface area (Å²) in [5.41, 5.74) is 8.52. The Morgan fingerprint density at radius 3 is 3.05 bits per heavy atom. The third kappa shape index (κ3) is 2.61. The van der Waals surface area contributed by atoms with Crippen LogP contribution in [0.3, 0.4) is 0 Å². The summed E-state index contributed by atoms with van der Waals surface area (Å²) in [6.07, 6.45) is 3.13. The standard InChI is InChI=1S/C14H17N3O2/c1-9-4-5-10(7-12(9)15)14-16-13(17-19-14)8-11-3-2-6-18-11/h4-5,7,11H,2-3,6,8,15H2,1H3. The van der Waals surface area contributed by atoms with Crippen LogP contribution in [0.25, 0.3) is 11.5 Å². The van der Waals surface area contributed by atoms with Crippen LogP contribution >= 0.6 is 0 Å². The maximum absolute atomic E-state index is 5.89. The fourth-order valence-corrected chi connectivity index (χ4v) is 2.24. The molecule has 0 radical (unpaired) electrons. The molecule has 3 rings (SSSR count). The molecule has 1 fully saturated rings. The monoisotopic (exact) mass is 259 g/mol. The van der Waals surface area contributed by atoms with Crippen LogP contribution in [0.5, 0.6) is 0 Å². The number of ether oxygens (including phenoxy) is 1. The lowest BCUT2D eigenvalue weighted by atomic mass is 10.1. The molecule has 0 spiro atoms. The van der Waals surface area contributed by atoms with Crippen LogP contribution in [0.4, 0.5) is 5.69 Å². The number of anilines is 1. The second-order valence-electron chi connectivity index (χ2n) is 4.93. The van der Waals surface area contributed by atoms with Crippen molar-refractivity contribution in [3.63, 3.8) is 0 Å². The number of hydrogen-bond donors (Lipinski definition) is 1. The van der Waals surface area contributed by atoms with Crippen LogP contribution in [0, 0.1) is 6.92 Å². The lowest BCUT2D eigenvalue weighted by Gasteiger charge is -2.04. The van der Waals surface area contributed by atoms with E-state index in [1.54, 1.807) is 0 Å². The summed E-state index contributed by atoms with van der Waals surface area (Å²) in [4.78, 5) is 4.40. The second-order valence-corrected chi connectivity index (χ2v) is 4.93. The van der Waals surface area contributed by atoms with Crippen molar-refractivity contribution in [2.45, 2.75) is 32.3 Å². The molecule has 1 saturated heterocycles. The highest BCUT2D eigenvalue weighted by Gasteiger charge is 2.19. The number of aromatic nitrogens is 2. The Bertz CT molecular complexity index is 574. The predicted octanol–water partition coefficient (Wildman–Crippen LogP) is 2.35. The fourth-order valence-electron chi connectivity index (χ4n) is 2.24. The molecule has 2 aromatic rings. The maximum Gasteiger partial charge on any atom is 0.257 e. The highest BCUT2D eigenvalue weighted by atomic mass is 16.5. The highest BCUT2D eigenvalue weighted by molar-refractivity contribution is 5.62. The summed E-state index contributed by atoms with van der Waals surface area (Å²) in [6.45, 7) is 2.81. The van der Waals surface area contributed by atoms with E-state index in [9.17, 15) is 0 Å². The van der Waals surface area contributed by atoms with Crippen LogP contribution < -0.4 is 5.73 Å². The number of rotatable bonds is 3. The summed E-state index contributed by atoms with van der Waals surface area (Å²) >= 11 is 0. The van der Waals surface area contributed by atoms with Crippen LogP contribution in [0.1, 0.15) is 24.2 Å². The van der Waals surface area contributed by atoms with Crippen LogP contribution in [-0.2, 0) is 11.2 Å². The van der Waals surface area contributed by atoms with Crippen molar-refractivity contribution >= 4 is 5.69 Å². The van der Waals surface area contributed by atoms with Crippen LogP contribution in [0.2, 0.25) is 0 Å². The molecule has 1 aliphatic rings. The van der Waals surface area contributed by atoms with Gasteiger partial charge in [-0.3, -0.25) is 0 Å². The molecule has 5 heteroatoms. The van der Waals surface area contributed by atoms with Gasteiger partial charge in [0.1, 0.15) is 0 Å². The largest absolute Gasteiger partial charge is 0.398 e. The summed E-state index contributed by atoms with van der Waals surface area (Å²) in [6, 6.07) is 5.75. The van der Waals surface area contributed by atoms with E-state index in [0.29, 0.717) is 18.1 Å². The minimum absolute atomic E-state index is 0.230.